The van der Waals surface area contributed by atoms with Gasteiger partial charge in [0, 0.05) is 18.5 Å². The van der Waals surface area contributed by atoms with E-state index in [1.54, 1.807) is 18.2 Å². The Bertz CT molecular complexity index is 1090. The number of hydrogen-bond donors (Lipinski definition) is 2. The molecule has 172 valence electrons. The summed E-state index contributed by atoms with van der Waals surface area (Å²) in [5.41, 5.74) is 4.89. The van der Waals surface area contributed by atoms with Gasteiger partial charge in [-0.05, 0) is 96.8 Å². The molecule has 4 heteroatoms. The van der Waals surface area contributed by atoms with E-state index in [1.807, 2.05) is 18.2 Å². The van der Waals surface area contributed by atoms with Gasteiger partial charge in [-0.2, -0.15) is 0 Å². The first-order valence-corrected chi connectivity index (χ1v) is 12.1. The minimum atomic E-state index is 0.198. The maximum absolute atomic E-state index is 10.0. The number of likely N-dealkylation sites (tertiary alicyclic amines) is 1. The zero-order chi connectivity index (χ0) is 22.9. The van der Waals surface area contributed by atoms with Crippen LogP contribution in [-0.4, -0.2) is 40.9 Å². The Morgan fingerprint density at radius 1 is 0.939 bits per heavy atom. The van der Waals surface area contributed by atoms with E-state index in [4.69, 9.17) is 4.74 Å². The van der Waals surface area contributed by atoms with E-state index >= 15 is 0 Å². The van der Waals surface area contributed by atoms with E-state index in [1.165, 1.54) is 41.8 Å². The third kappa shape index (κ3) is 4.58. The van der Waals surface area contributed by atoms with Gasteiger partial charge in [-0.3, -0.25) is 4.90 Å². The maximum atomic E-state index is 10.0. The first-order chi connectivity index (χ1) is 16.0. The molecular weight excluding hydrogens is 410 g/mol. The summed E-state index contributed by atoms with van der Waals surface area (Å²) in [5.74, 6) is 2.73. The van der Waals surface area contributed by atoms with Gasteiger partial charge < -0.3 is 14.9 Å². The molecule has 4 unspecified atom stereocenters. The molecule has 4 atom stereocenters. The molecule has 5 rings (SSSR count). The molecule has 0 spiro atoms. The van der Waals surface area contributed by atoms with Gasteiger partial charge in [-0.25, -0.2) is 0 Å². The summed E-state index contributed by atoms with van der Waals surface area (Å²) in [4.78, 5) is 2.52. The topological polar surface area (TPSA) is 52.9 Å². The van der Waals surface area contributed by atoms with E-state index in [9.17, 15) is 10.2 Å². The molecule has 0 saturated carbocycles. The van der Waals surface area contributed by atoms with Crippen LogP contribution in [0.5, 0.6) is 17.2 Å². The summed E-state index contributed by atoms with van der Waals surface area (Å²) in [7, 11) is 0. The SMILES string of the molecule is CC1CCN(C(C)COc2ccc(C3c4ccc(O)cc4CC3c3ccc(O)cc3)cc2)C1. The Kier molecular flexibility index (Phi) is 6.03. The normalized spacial score (nSPS) is 23.4. The molecule has 1 heterocycles. The van der Waals surface area contributed by atoms with Crippen LogP contribution in [-0.2, 0) is 6.42 Å². The van der Waals surface area contributed by atoms with Gasteiger partial charge in [0.15, 0.2) is 0 Å². The van der Waals surface area contributed by atoms with Crippen LogP contribution in [0.2, 0.25) is 0 Å². The summed E-state index contributed by atoms with van der Waals surface area (Å²) in [5, 5.41) is 19.8. The fourth-order valence-electron chi connectivity index (χ4n) is 5.55. The van der Waals surface area contributed by atoms with Crippen LogP contribution in [0.1, 0.15) is 54.4 Å². The van der Waals surface area contributed by atoms with Gasteiger partial charge in [-0.15, -0.1) is 0 Å². The summed E-state index contributed by atoms with van der Waals surface area (Å²) in [6, 6.07) is 22.2. The highest BCUT2D eigenvalue weighted by molar-refractivity contribution is 5.51. The molecule has 1 aliphatic carbocycles. The highest BCUT2D eigenvalue weighted by atomic mass is 16.5. The molecule has 4 nitrogen and oxygen atoms in total. The highest BCUT2D eigenvalue weighted by Gasteiger charge is 2.35. The zero-order valence-corrected chi connectivity index (χ0v) is 19.4. The Hall–Kier alpha value is -2.98. The molecule has 1 fully saturated rings. The second kappa shape index (κ2) is 9.11. The summed E-state index contributed by atoms with van der Waals surface area (Å²) < 4.78 is 6.14. The predicted octanol–water partition coefficient (Wildman–Crippen LogP) is 5.68. The molecule has 1 saturated heterocycles. The Balaban J connectivity index is 1.35. The quantitative estimate of drug-likeness (QED) is 0.515. The summed E-state index contributed by atoms with van der Waals surface area (Å²) in [6.45, 7) is 7.60. The minimum Gasteiger partial charge on any atom is -0.508 e. The van der Waals surface area contributed by atoms with Gasteiger partial charge in [0.2, 0.25) is 0 Å². The van der Waals surface area contributed by atoms with E-state index in [2.05, 4.69) is 49.1 Å². The lowest BCUT2D eigenvalue weighted by atomic mass is 9.82. The van der Waals surface area contributed by atoms with E-state index in [0.29, 0.717) is 18.4 Å². The molecule has 2 N–H and O–H groups in total. The van der Waals surface area contributed by atoms with Crippen molar-refractivity contribution in [1.29, 1.82) is 0 Å². The van der Waals surface area contributed by atoms with Crippen molar-refractivity contribution in [3.8, 4) is 17.2 Å². The molecule has 0 amide bonds. The number of benzene rings is 3. The first-order valence-electron chi connectivity index (χ1n) is 12.1. The number of phenolic OH excluding ortho intramolecular Hbond substituents is 2. The van der Waals surface area contributed by atoms with Crippen molar-refractivity contribution in [2.75, 3.05) is 19.7 Å². The highest BCUT2D eigenvalue weighted by Crippen LogP contribution is 2.48. The van der Waals surface area contributed by atoms with Crippen LogP contribution < -0.4 is 4.74 Å². The lowest BCUT2D eigenvalue weighted by molar-refractivity contribution is 0.169. The van der Waals surface area contributed by atoms with Gasteiger partial charge in [0.25, 0.3) is 0 Å². The summed E-state index contributed by atoms with van der Waals surface area (Å²) in [6.07, 6.45) is 2.14. The van der Waals surface area contributed by atoms with Crippen molar-refractivity contribution in [2.24, 2.45) is 5.92 Å². The third-order valence-electron chi connectivity index (χ3n) is 7.43. The third-order valence-corrected chi connectivity index (χ3v) is 7.43. The fraction of sp³-hybridized carbons (Fsp3) is 0.379. The molecule has 33 heavy (non-hydrogen) atoms. The number of ether oxygens (including phenoxy) is 1. The van der Waals surface area contributed by atoms with Crippen molar-refractivity contribution in [2.45, 2.75) is 44.6 Å². The van der Waals surface area contributed by atoms with Crippen LogP contribution >= 0.6 is 0 Å². The first kappa shape index (κ1) is 21.8. The van der Waals surface area contributed by atoms with Crippen LogP contribution in [0, 0.1) is 5.92 Å². The van der Waals surface area contributed by atoms with Crippen LogP contribution in [0.15, 0.2) is 66.7 Å². The van der Waals surface area contributed by atoms with Gasteiger partial charge in [0.1, 0.15) is 23.9 Å². The molecule has 3 aromatic carbocycles. The zero-order valence-electron chi connectivity index (χ0n) is 19.4. The van der Waals surface area contributed by atoms with Gasteiger partial charge >= 0.3 is 0 Å². The molecule has 2 aliphatic rings. The lowest BCUT2D eigenvalue weighted by Crippen LogP contribution is -2.35. The number of rotatable bonds is 6. The van der Waals surface area contributed by atoms with Crippen LogP contribution in [0.4, 0.5) is 0 Å². The monoisotopic (exact) mass is 443 g/mol. The Morgan fingerprint density at radius 2 is 1.64 bits per heavy atom. The molecule has 0 aromatic heterocycles. The second-order valence-electron chi connectivity index (χ2n) is 9.88. The van der Waals surface area contributed by atoms with E-state index in [-0.39, 0.29) is 17.6 Å². The molecule has 3 aromatic rings. The van der Waals surface area contributed by atoms with Gasteiger partial charge in [0.05, 0.1) is 0 Å². The van der Waals surface area contributed by atoms with Crippen molar-refractivity contribution in [3.05, 3.63) is 89.0 Å². The molecular formula is C29H33NO3. The molecule has 0 radical (unpaired) electrons. The number of hydrogen-bond acceptors (Lipinski definition) is 4. The fourth-order valence-corrected chi connectivity index (χ4v) is 5.55. The van der Waals surface area contributed by atoms with Crippen molar-refractivity contribution in [1.82, 2.24) is 4.90 Å². The average Bonchev–Trinajstić information content (AvgIpc) is 3.42. The van der Waals surface area contributed by atoms with Crippen molar-refractivity contribution < 1.29 is 14.9 Å². The van der Waals surface area contributed by atoms with Crippen LogP contribution in [0.25, 0.3) is 0 Å². The Morgan fingerprint density at radius 3 is 2.33 bits per heavy atom. The maximum Gasteiger partial charge on any atom is 0.119 e. The standard InChI is InChI=1S/C29H33NO3/c1-19-13-14-30(17-19)20(2)18-33-26-10-5-22(6-11-26)29-27-12-9-25(32)15-23(27)16-28(29)21-3-7-24(31)8-4-21/h3-12,15,19-20,28-29,31-32H,13-14,16-18H2,1-2H3. The largest absolute Gasteiger partial charge is 0.508 e. The molecule has 1 aliphatic heterocycles. The second-order valence-corrected chi connectivity index (χ2v) is 9.88. The van der Waals surface area contributed by atoms with Crippen molar-refractivity contribution in [3.63, 3.8) is 0 Å². The van der Waals surface area contributed by atoms with Gasteiger partial charge in [-0.1, -0.05) is 37.3 Å². The number of aromatic hydroxyl groups is 2. The average molecular weight is 444 g/mol. The lowest BCUT2D eigenvalue weighted by Gasteiger charge is -2.24. The van der Waals surface area contributed by atoms with E-state index < -0.39 is 0 Å². The smallest absolute Gasteiger partial charge is 0.119 e. The number of nitrogens with zero attached hydrogens (tertiary/aromatic N) is 1. The van der Waals surface area contributed by atoms with Crippen LogP contribution in [0.3, 0.4) is 0 Å². The van der Waals surface area contributed by atoms with E-state index in [0.717, 1.165) is 18.1 Å². The summed E-state index contributed by atoms with van der Waals surface area (Å²) >= 11 is 0. The number of phenols is 2. The molecule has 0 bridgehead atoms. The number of fused-ring (bicyclic) bond motifs is 1. The minimum absolute atomic E-state index is 0.198. The Labute approximate surface area is 196 Å². The van der Waals surface area contributed by atoms with Crippen molar-refractivity contribution >= 4 is 0 Å². The predicted molar refractivity (Wildman–Crippen MR) is 131 cm³/mol.